The van der Waals surface area contributed by atoms with E-state index in [0.29, 0.717) is 5.76 Å². The molecule has 0 fully saturated rings. The number of Topliss-reactive ketones (excluding diaryl/α,β-unsaturated/α-hetero) is 3. The van der Waals surface area contributed by atoms with Gasteiger partial charge in [0, 0.05) is 17.7 Å². The van der Waals surface area contributed by atoms with Gasteiger partial charge in [0.05, 0.1) is 11.8 Å². The quantitative estimate of drug-likeness (QED) is 0.560. The van der Waals surface area contributed by atoms with E-state index >= 15 is 0 Å². The predicted molar refractivity (Wildman–Crippen MR) is 106 cm³/mol. The molecule has 0 bridgehead atoms. The van der Waals surface area contributed by atoms with Crippen LogP contribution in [0.1, 0.15) is 41.1 Å². The van der Waals surface area contributed by atoms with Crippen LogP contribution in [0.3, 0.4) is 0 Å². The number of rotatable bonds is 2. The Morgan fingerprint density at radius 3 is 2.55 bits per heavy atom. The average molecular weight is 420 g/mol. The third-order valence-electron chi connectivity index (χ3n) is 5.86. The Balaban J connectivity index is 1.74. The Kier molecular flexibility index (Phi) is 3.65. The second kappa shape index (κ2) is 5.98. The number of furan rings is 1. The van der Waals surface area contributed by atoms with Crippen molar-refractivity contribution in [3.63, 3.8) is 0 Å². The SMILES string of the molecule is CC(=O)C1=C(O)C=C2Oc3c4c(c(C)c(O)c3[C@@]2(C)C1=O)O/C(=C\c1ccco1)C4=O. The zero-order chi connectivity index (χ0) is 22.2. The Morgan fingerprint density at radius 1 is 1.16 bits per heavy atom. The third-order valence-corrected chi connectivity index (χ3v) is 5.86. The maximum atomic E-state index is 13.3. The van der Waals surface area contributed by atoms with Gasteiger partial charge in [-0.3, -0.25) is 14.4 Å². The molecule has 3 aliphatic rings. The Hall–Kier alpha value is -4.07. The summed E-state index contributed by atoms with van der Waals surface area (Å²) >= 11 is 0. The lowest BCUT2D eigenvalue weighted by Gasteiger charge is -2.27. The number of carbonyl (C=O) groups is 3. The van der Waals surface area contributed by atoms with Crippen molar-refractivity contribution in [2.45, 2.75) is 26.2 Å². The highest BCUT2D eigenvalue weighted by Gasteiger charge is 2.56. The molecule has 0 saturated heterocycles. The monoisotopic (exact) mass is 420 g/mol. The van der Waals surface area contributed by atoms with Gasteiger partial charge in [-0.1, -0.05) is 0 Å². The molecule has 0 unspecified atom stereocenters. The molecular formula is C23H16O8. The molecule has 1 aliphatic carbocycles. The number of hydrogen-bond acceptors (Lipinski definition) is 8. The largest absolute Gasteiger partial charge is 0.507 e. The number of aliphatic hydroxyl groups excluding tert-OH is 1. The summed E-state index contributed by atoms with van der Waals surface area (Å²) in [5, 5.41) is 21.2. The van der Waals surface area contributed by atoms with E-state index in [9.17, 15) is 24.6 Å². The fraction of sp³-hybridized carbons (Fsp3) is 0.174. The molecule has 2 aliphatic heterocycles. The van der Waals surface area contributed by atoms with E-state index in [1.807, 2.05) is 0 Å². The first-order chi connectivity index (χ1) is 14.7. The van der Waals surface area contributed by atoms with Crippen LogP contribution < -0.4 is 9.47 Å². The van der Waals surface area contributed by atoms with Gasteiger partial charge in [0.2, 0.25) is 5.78 Å². The topological polar surface area (TPSA) is 123 Å². The summed E-state index contributed by atoms with van der Waals surface area (Å²) in [7, 11) is 0. The van der Waals surface area contributed by atoms with Crippen LogP contribution >= 0.6 is 0 Å². The maximum absolute atomic E-state index is 13.3. The van der Waals surface area contributed by atoms with Crippen LogP contribution in [0.5, 0.6) is 17.2 Å². The number of aromatic hydroxyl groups is 1. The molecule has 2 aromatic rings. The van der Waals surface area contributed by atoms with Crippen LogP contribution in [0.25, 0.3) is 6.08 Å². The number of ketones is 3. The van der Waals surface area contributed by atoms with Crippen LogP contribution in [0.4, 0.5) is 0 Å². The number of fused-ring (bicyclic) bond motifs is 5. The van der Waals surface area contributed by atoms with Crippen molar-refractivity contribution >= 4 is 23.4 Å². The number of allylic oxidation sites excluding steroid dienone is 4. The predicted octanol–water partition coefficient (Wildman–Crippen LogP) is 3.43. The molecule has 0 radical (unpaired) electrons. The normalized spacial score (nSPS) is 22.7. The Labute approximate surface area is 175 Å². The van der Waals surface area contributed by atoms with Gasteiger partial charge >= 0.3 is 0 Å². The molecule has 2 N–H and O–H groups in total. The lowest BCUT2D eigenvalue weighted by Crippen LogP contribution is -2.38. The molecule has 1 aromatic carbocycles. The lowest BCUT2D eigenvalue weighted by atomic mass is 9.71. The van der Waals surface area contributed by atoms with E-state index < -0.39 is 28.5 Å². The number of phenols is 1. The maximum Gasteiger partial charge on any atom is 0.235 e. The van der Waals surface area contributed by atoms with Crippen molar-refractivity contribution in [1.29, 1.82) is 0 Å². The average Bonchev–Trinajstić information content (AvgIpc) is 3.39. The second-order valence-electron chi connectivity index (χ2n) is 7.72. The van der Waals surface area contributed by atoms with Gasteiger partial charge in [0.1, 0.15) is 45.3 Å². The van der Waals surface area contributed by atoms with Crippen molar-refractivity contribution in [3.8, 4) is 17.2 Å². The number of carbonyl (C=O) groups excluding carboxylic acids is 3. The number of aliphatic hydroxyl groups is 1. The van der Waals surface area contributed by atoms with E-state index in [1.54, 1.807) is 19.1 Å². The van der Waals surface area contributed by atoms with Gasteiger partial charge in [-0.2, -0.15) is 0 Å². The number of hydrogen-bond donors (Lipinski definition) is 2. The Morgan fingerprint density at radius 2 is 1.90 bits per heavy atom. The number of benzene rings is 1. The summed E-state index contributed by atoms with van der Waals surface area (Å²) in [5.41, 5.74) is -1.62. The van der Waals surface area contributed by atoms with Crippen molar-refractivity contribution < 1.29 is 38.5 Å². The van der Waals surface area contributed by atoms with Crippen LogP contribution in [-0.4, -0.2) is 27.6 Å². The van der Waals surface area contributed by atoms with Gasteiger partial charge in [-0.25, -0.2) is 0 Å². The summed E-state index contributed by atoms with van der Waals surface area (Å²) in [4.78, 5) is 38.4. The molecule has 8 nitrogen and oxygen atoms in total. The smallest absolute Gasteiger partial charge is 0.235 e. The van der Waals surface area contributed by atoms with E-state index in [1.165, 1.54) is 32.3 Å². The molecule has 0 spiro atoms. The number of phenolic OH excluding ortho intramolecular Hbond substituents is 1. The highest BCUT2D eigenvalue weighted by molar-refractivity contribution is 6.26. The van der Waals surface area contributed by atoms with Gasteiger partial charge < -0.3 is 24.1 Å². The van der Waals surface area contributed by atoms with Crippen molar-refractivity contribution in [2.75, 3.05) is 0 Å². The van der Waals surface area contributed by atoms with Crippen LogP contribution in [-0.2, 0) is 15.0 Å². The van der Waals surface area contributed by atoms with Gasteiger partial charge in [-0.15, -0.1) is 0 Å². The van der Waals surface area contributed by atoms with Crippen molar-refractivity contribution in [1.82, 2.24) is 0 Å². The van der Waals surface area contributed by atoms with E-state index in [4.69, 9.17) is 13.9 Å². The molecule has 1 atom stereocenters. The molecule has 31 heavy (non-hydrogen) atoms. The van der Waals surface area contributed by atoms with E-state index in [-0.39, 0.29) is 51.0 Å². The zero-order valence-corrected chi connectivity index (χ0v) is 16.7. The van der Waals surface area contributed by atoms with Crippen LogP contribution in [0.2, 0.25) is 0 Å². The van der Waals surface area contributed by atoms with Crippen molar-refractivity contribution in [2.24, 2.45) is 0 Å². The fourth-order valence-electron chi connectivity index (χ4n) is 4.23. The van der Waals surface area contributed by atoms with Gasteiger partial charge in [0.25, 0.3) is 0 Å². The highest BCUT2D eigenvalue weighted by Crippen LogP contribution is 2.59. The lowest BCUT2D eigenvalue weighted by molar-refractivity contribution is -0.123. The summed E-state index contributed by atoms with van der Waals surface area (Å²) in [6.07, 6.45) is 4.03. The molecule has 1 aromatic heterocycles. The first-order valence-electron chi connectivity index (χ1n) is 9.43. The molecule has 0 amide bonds. The fourth-order valence-corrected chi connectivity index (χ4v) is 4.23. The number of ether oxygens (including phenoxy) is 2. The highest BCUT2D eigenvalue weighted by atomic mass is 16.5. The minimum Gasteiger partial charge on any atom is -0.507 e. The first-order valence-corrected chi connectivity index (χ1v) is 9.43. The van der Waals surface area contributed by atoms with E-state index in [0.717, 1.165) is 0 Å². The third kappa shape index (κ3) is 2.27. The standard InChI is InChI=1S/C23H16O8/c1-9-18(26)17-21(16-19(27)13(30-20(9)16)7-11-5-4-6-29-11)31-14-8-12(25)15(10(2)24)22(28)23(14,17)3/h4-8,25-26H,1-3H3/b13-7-/t23-/m0/s1. The van der Waals surface area contributed by atoms with Crippen LogP contribution in [0, 0.1) is 6.92 Å². The minimum absolute atomic E-state index is 0.00867. The summed E-state index contributed by atoms with van der Waals surface area (Å²) < 4.78 is 16.8. The van der Waals surface area contributed by atoms with Crippen molar-refractivity contribution in [3.05, 3.63) is 69.8 Å². The molecular weight excluding hydrogens is 404 g/mol. The van der Waals surface area contributed by atoms with Gasteiger partial charge in [0.15, 0.2) is 23.1 Å². The molecule has 156 valence electrons. The summed E-state index contributed by atoms with van der Waals surface area (Å²) in [5.74, 6) is -2.21. The molecule has 3 heterocycles. The zero-order valence-electron chi connectivity index (χ0n) is 16.7. The molecule has 8 heteroatoms. The van der Waals surface area contributed by atoms with Gasteiger partial charge in [-0.05, 0) is 32.9 Å². The Bertz CT molecular complexity index is 1320. The summed E-state index contributed by atoms with van der Waals surface area (Å²) in [6.45, 7) is 4.20. The first kappa shape index (κ1) is 18.9. The molecule has 0 saturated carbocycles. The minimum atomic E-state index is -1.58. The van der Waals surface area contributed by atoms with E-state index in [2.05, 4.69) is 0 Å². The summed E-state index contributed by atoms with van der Waals surface area (Å²) in [6, 6.07) is 3.31. The second-order valence-corrected chi connectivity index (χ2v) is 7.72. The molecule has 5 rings (SSSR count). The van der Waals surface area contributed by atoms with Crippen LogP contribution in [0.15, 0.2) is 51.7 Å².